The Kier molecular flexibility index (Phi) is 5.19. The van der Waals surface area contributed by atoms with Gasteiger partial charge < -0.3 is 9.67 Å². The van der Waals surface area contributed by atoms with Gasteiger partial charge in [-0.15, -0.1) is 0 Å². The van der Waals surface area contributed by atoms with Crippen LogP contribution >= 0.6 is 11.6 Å². The van der Waals surface area contributed by atoms with Crippen LogP contribution in [0.15, 0.2) is 47.5 Å². The topological polar surface area (TPSA) is 37.5 Å². The average Bonchev–Trinajstić information content (AvgIpc) is 2.88. The Morgan fingerprint density at radius 1 is 1.12 bits per heavy atom. The van der Waals surface area contributed by atoms with E-state index < -0.39 is 0 Å². The van der Waals surface area contributed by atoms with Crippen molar-refractivity contribution < 1.29 is 5.11 Å². The molecule has 0 aliphatic carbocycles. The number of aromatic hydroxyl groups is 1. The van der Waals surface area contributed by atoms with E-state index in [1.54, 1.807) is 18.3 Å². The number of aliphatic imine (C=N–C) groups is 1. The third-order valence-electron chi connectivity index (χ3n) is 4.68. The highest BCUT2D eigenvalue weighted by molar-refractivity contribution is 6.30. The van der Waals surface area contributed by atoms with Crippen LogP contribution in [-0.4, -0.2) is 15.9 Å². The molecular formula is C22H23ClN2O. The first kappa shape index (κ1) is 18.3. The van der Waals surface area contributed by atoms with Crippen LogP contribution in [0.3, 0.4) is 0 Å². The van der Waals surface area contributed by atoms with E-state index in [1.807, 2.05) is 0 Å². The highest BCUT2D eigenvalue weighted by Gasteiger charge is 2.14. The van der Waals surface area contributed by atoms with Gasteiger partial charge in [0.1, 0.15) is 11.4 Å². The number of phenols is 1. The molecule has 2 aromatic carbocycles. The molecule has 1 aromatic heterocycles. The third-order valence-corrected chi connectivity index (χ3v) is 4.91. The van der Waals surface area contributed by atoms with E-state index in [4.69, 9.17) is 11.6 Å². The van der Waals surface area contributed by atoms with Gasteiger partial charge in [0, 0.05) is 34.3 Å². The summed E-state index contributed by atoms with van der Waals surface area (Å²) in [5, 5.41) is 10.5. The minimum Gasteiger partial charge on any atom is -0.506 e. The molecule has 0 aliphatic heterocycles. The first-order valence-electron chi connectivity index (χ1n) is 8.72. The summed E-state index contributed by atoms with van der Waals surface area (Å²) in [6, 6.07) is 13.5. The summed E-state index contributed by atoms with van der Waals surface area (Å²) < 4.78 is 2.29. The van der Waals surface area contributed by atoms with Crippen LogP contribution in [-0.2, 0) is 6.42 Å². The van der Waals surface area contributed by atoms with Gasteiger partial charge in [-0.25, -0.2) is 0 Å². The molecule has 0 radical (unpaired) electrons. The summed E-state index contributed by atoms with van der Waals surface area (Å²) in [7, 11) is 0. The van der Waals surface area contributed by atoms with E-state index in [1.165, 1.54) is 22.9 Å². The van der Waals surface area contributed by atoms with Crippen molar-refractivity contribution in [2.45, 2.75) is 34.1 Å². The van der Waals surface area contributed by atoms with E-state index in [9.17, 15) is 5.11 Å². The largest absolute Gasteiger partial charge is 0.506 e. The Bertz CT molecular complexity index is 986. The summed E-state index contributed by atoms with van der Waals surface area (Å²) >= 11 is 5.88. The standard InChI is InChI=1S/C22H23ClN2O/c1-5-17-8-6-7-14(2)22(17)25-15(3)11-18(16(25)4)13-24-20-10-9-19(23)12-21(20)26/h6-13,26H,5H2,1-4H3. The second-order valence-corrected chi connectivity index (χ2v) is 6.93. The fourth-order valence-corrected chi connectivity index (χ4v) is 3.50. The first-order chi connectivity index (χ1) is 12.4. The van der Waals surface area contributed by atoms with Gasteiger partial charge in [0.15, 0.2) is 0 Å². The monoisotopic (exact) mass is 366 g/mol. The molecule has 1 heterocycles. The number of nitrogens with zero attached hydrogens (tertiary/aromatic N) is 2. The van der Waals surface area contributed by atoms with Gasteiger partial charge in [-0.2, -0.15) is 0 Å². The normalized spacial score (nSPS) is 11.4. The molecule has 3 rings (SSSR count). The van der Waals surface area contributed by atoms with Crippen molar-refractivity contribution in [1.82, 2.24) is 4.57 Å². The Balaban J connectivity index is 2.06. The number of benzene rings is 2. The average molecular weight is 367 g/mol. The molecule has 4 heteroatoms. The minimum atomic E-state index is 0.0785. The van der Waals surface area contributed by atoms with Gasteiger partial charge in [0.05, 0.1) is 5.69 Å². The summed E-state index contributed by atoms with van der Waals surface area (Å²) in [5.74, 6) is 0.0785. The maximum absolute atomic E-state index is 9.98. The van der Waals surface area contributed by atoms with Crippen molar-refractivity contribution in [3.63, 3.8) is 0 Å². The molecule has 0 spiro atoms. The van der Waals surface area contributed by atoms with Gasteiger partial charge in [0.25, 0.3) is 0 Å². The summed E-state index contributed by atoms with van der Waals surface area (Å²) in [6.07, 6.45) is 2.78. The van der Waals surface area contributed by atoms with Crippen LogP contribution in [0, 0.1) is 20.8 Å². The molecule has 0 saturated carbocycles. The predicted molar refractivity (Wildman–Crippen MR) is 110 cm³/mol. The number of hydrogen-bond donors (Lipinski definition) is 1. The van der Waals surface area contributed by atoms with Gasteiger partial charge in [-0.1, -0.05) is 36.7 Å². The molecule has 1 N–H and O–H groups in total. The summed E-state index contributed by atoms with van der Waals surface area (Å²) in [6.45, 7) is 8.53. The Morgan fingerprint density at radius 3 is 2.58 bits per heavy atom. The van der Waals surface area contributed by atoms with Crippen molar-refractivity contribution in [2.24, 2.45) is 4.99 Å². The molecule has 0 unspecified atom stereocenters. The first-order valence-corrected chi connectivity index (χ1v) is 9.10. The molecule has 3 nitrogen and oxygen atoms in total. The zero-order valence-corrected chi connectivity index (χ0v) is 16.3. The Labute approximate surface area is 159 Å². The van der Waals surface area contributed by atoms with Crippen molar-refractivity contribution in [3.8, 4) is 11.4 Å². The second-order valence-electron chi connectivity index (χ2n) is 6.49. The van der Waals surface area contributed by atoms with Crippen LogP contribution in [0.25, 0.3) is 5.69 Å². The van der Waals surface area contributed by atoms with Gasteiger partial charge in [0.2, 0.25) is 0 Å². The molecule has 26 heavy (non-hydrogen) atoms. The Hall–Kier alpha value is -2.52. The molecule has 0 atom stereocenters. The fraction of sp³-hybridized carbons (Fsp3) is 0.227. The van der Waals surface area contributed by atoms with E-state index in [0.717, 1.165) is 23.4 Å². The molecule has 0 saturated heterocycles. The predicted octanol–water partition coefficient (Wildman–Crippen LogP) is 6.07. The van der Waals surface area contributed by atoms with Crippen LogP contribution < -0.4 is 0 Å². The highest BCUT2D eigenvalue weighted by Crippen LogP contribution is 2.30. The maximum Gasteiger partial charge on any atom is 0.142 e. The highest BCUT2D eigenvalue weighted by atomic mass is 35.5. The van der Waals surface area contributed by atoms with Crippen molar-refractivity contribution >= 4 is 23.5 Å². The number of aromatic nitrogens is 1. The second kappa shape index (κ2) is 7.38. The number of rotatable bonds is 4. The van der Waals surface area contributed by atoms with E-state index in [2.05, 4.69) is 61.5 Å². The fourth-order valence-electron chi connectivity index (χ4n) is 3.33. The van der Waals surface area contributed by atoms with E-state index in [-0.39, 0.29) is 5.75 Å². The van der Waals surface area contributed by atoms with Crippen LogP contribution in [0.5, 0.6) is 5.75 Å². The smallest absolute Gasteiger partial charge is 0.142 e. The minimum absolute atomic E-state index is 0.0785. The van der Waals surface area contributed by atoms with Crippen LogP contribution in [0.1, 0.15) is 35.0 Å². The van der Waals surface area contributed by atoms with E-state index >= 15 is 0 Å². The number of para-hydroxylation sites is 1. The summed E-state index contributed by atoms with van der Waals surface area (Å²) in [4.78, 5) is 4.44. The molecule has 0 bridgehead atoms. The number of aryl methyl sites for hydroxylation is 3. The maximum atomic E-state index is 9.98. The lowest BCUT2D eigenvalue weighted by Crippen LogP contribution is -2.05. The van der Waals surface area contributed by atoms with Gasteiger partial charge >= 0.3 is 0 Å². The number of halogens is 1. The number of hydrogen-bond acceptors (Lipinski definition) is 2. The lowest BCUT2D eigenvalue weighted by Gasteiger charge is -2.17. The van der Waals surface area contributed by atoms with Crippen LogP contribution in [0.4, 0.5) is 5.69 Å². The lowest BCUT2D eigenvalue weighted by atomic mass is 10.1. The molecule has 0 aliphatic rings. The summed E-state index contributed by atoms with van der Waals surface area (Å²) in [5.41, 5.74) is 7.65. The number of phenolic OH excluding ortho intramolecular Hbond substituents is 1. The third kappa shape index (κ3) is 3.40. The Morgan fingerprint density at radius 2 is 1.88 bits per heavy atom. The lowest BCUT2D eigenvalue weighted by molar-refractivity contribution is 0.477. The molecule has 3 aromatic rings. The molecule has 0 fully saturated rings. The van der Waals surface area contributed by atoms with Gasteiger partial charge in [-0.05, 0) is 56.5 Å². The van der Waals surface area contributed by atoms with Crippen molar-refractivity contribution in [1.29, 1.82) is 0 Å². The van der Waals surface area contributed by atoms with Crippen LogP contribution in [0.2, 0.25) is 5.02 Å². The zero-order valence-electron chi connectivity index (χ0n) is 15.5. The SMILES string of the molecule is CCc1cccc(C)c1-n1c(C)cc(C=Nc2ccc(Cl)cc2O)c1C. The van der Waals surface area contributed by atoms with Gasteiger partial charge in [-0.3, -0.25) is 4.99 Å². The quantitative estimate of drug-likeness (QED) is 0.558. The van der Waals surface area contributed by atoms with E-state index in [0.29, 0.717) is 10.7 Å². The molecule has 134 valence electrons. The zero-order chi connectivity index (χ0) is 18.8. The molecular weight excluding hydrogens is 344 g/mol. The molecule has 0 amide bonds. The van der Waals surface area contributed by atoms with Crippen molar-refractivity contribution in [3.05, 3.63) is 75.6 Å². The van der Waals surface area contributed by atoms with Crippen molar-refractivity contribution in [2.75, 3.05) is 0 Å².